The van der Waals surface area contributed by atoms with Crippen LogP contribution in [-0.4, -0.2) is 17.7 Å². The van der Waals surface area contributed by atoms with Gasteiger partial charge < -0.3 is 4.90 Å². The molecule has 0 spiro atoms. The van der Waals surface area contributed by atoms with E-state index in [1.807, 2.05) is 37.9 Å². The van der Waals surface area contributed by atoms with Gasteiger partial charge in [0.15, 0.2) is 0 Å². The number of rotatable bonds is 7. The standard InChI is InChI=1S/C15H24N2S/c1-11(2)14(6)15(17(7)12(3)4)9-8-13(5)10-18-16/h8-9H,1,3,5,10,16H2,2,4,6-7H3/b9-8-,15-14-. The van der Waals surface area contributed by atoms with Crippen LogP contribution in [0.2, 0.25) is 0 Å². The second kappa shape index (κ2) is 8.01. The monoisotopic (exact) mass is 264 g/mol. The molecule has 0 aliphatic rings. The maximum atomic E-state index is 5.42. The van der Waals surface area contributed by atoms with E-state index >= 15 is 0 Å². The predicted octanol–water partition coefficient (Wildman–Crippen LogP) is 4.02. The smallest absolute Gasteiger partial charge is 0.0437 e. The van der Waals surface area contributed by atoms with E-state index in [1.54, 1.807) is 0 Å². The maximum absolute atomic E-state index is 5.42. The molecule has 0 unspecified atom stereocenters. The zero-order valence-corrected chi connectivity index (χ0v) is 12.7. The highest BCUT2D eigenvalue weighted by Gasteiger charge is 2.06. The minimum atomic E-state index is 0.729. The first-order valence-corrected chi connectivity index (χ1v) is 6.79. The van der Waals surface area contributed by atoms with Crippen molar-refractivity contribution in [3.8, 4) is 0 Å². The van der Waals surface area contributed by atoms with Gasteiger partial charge in [0, 0.05) is 24.2 Å². The van der Waals surface area contributed by atoms with Gasteiger partial charge in [0.1, 0.15) is 0 Å². The van der Waals surface area contributed by atoms with E-state index in [0.717, 1.165) is 33.9 Å². The van der Waals surface area contributed by atoms with Gasteiger partial charge in [0.2, 0.25) is 0 Å². The molecule has 0 aromatic heterocycles. The van der Waals surface area contributed by atoms with Gasteiger partial charge in [-0.3, -0.25) is 5.14 Å². The van der Waals surface area contributed by atoms with Gasteiger partial charge in [-0.15, -0.1) is 0 Å². The third-order valence-corrected chi connectivity index (χ3v) is 3.24. The van der Waals surface area contributed by atoms with Crippen molar-refractivity contribution >= 4 is 11.9 Å². The number of hydrogen-bond acceptors (Lipinski definition) is 3. The topological polar surface area (TPSA) is 29.3 Å². The Labute approximate surface area is 116 Å². The third kappa shape index (κ3) is 5.43. The maximum Gasteiger partial charge on any atom is 0.0437 e. The Kier molecular flexibility index (Phi) is 7.48. The first kappa shape index (κ1) is 16.8. The molecule has 0 amide bonds. The summed E-state index contributed by atoms with van der Waals surface area (Å²) < 4.78 is 0. The quantitative estimate of drug-likeness (QED) is 0.556. The number of allylic oxidation sites excluding steroid dienone is 5. The van der Waals surface area contributed by atoms with E-state index in [1.165, 1.54) is 11.9 Å². The number of likely N-dealkylation sites (N-methyl/N-ethyl adjacent to an activating group) is 1. The van der Waals surface area contributed by atoms with E-state index in [2.05, 4.69) is 26.7 Å². The van der Waals surface area contributed by atoms with Gasteiger partial charge in [-0.05, 0) is 38.0 Å². The summed E-state index contributed by atoms with van der Waals surface area (Å²) >= 11 is 1.28. The average molecular weight is 264 g/mol. The van der Waals surface area contributed by atoms with Crippen LogP contribution in [0, 0.1) is 0 Å². The van der Waals surface area contributed by atoms with Gasteiger partial charge >= 0.3 is 0 Å². The Balaban J connectivity index is 5.26. The van der Waals surface area contributed by atoms with Crippen LogP contribution in [0.5, 0.6) is 0 Å². The minimum Gasteiger partial charge on any atom is -0.349 e. The summed E-state index contributed by atoms with van der Waals surface area (Å²) in [5.41, 5.74) is 5.24. The fourth-order valence-corrected chi connectivity index (χ4v) is 1.57. The molecule has 100 valence electrons. The first-order chi connectivity index (χ1) is 8.31. The van der Waals surface area contributed by atoms with E-state index in [4.69, 9.17) is 5.14 Å². The molecule has 0 heterocycles. The average Bonchev–Trinajstić information content (AvgIpc) is 2.28. The van der Waals surface area contributed by atoms with Gasteiger partial charge in [-0.25, -0.2) is 0 Å². The second-order valence-corrected chi connectivity index (χ2v) is 5.01. The molecule has 0 aromatic carbocycles. The van der Waals surface area contributed by atoms with Crippen molar-refractivity contribution in [2.45, 2.75) is 20.8 Å². The van der Waals surface area contributed by atoms with E-state index in [0.29, 0.717) is 0 Å². The van der Waals surface area contributed by atoms with E-state index in [-0.39, 0.29) is 0 Å². The zero-order valence-electron chi connectivity index (χ0n) is 11.9. The molecule has 0 aromatic rings. The van der Waals surface area contributed by atoms with Crippen molar-refractivity contribution in [3.05, 3.63) is 60.0 Å². The molecular formula is C15H24N2S. The molecule has 0 saturated carbocycles. The van der Waals surface area contributed by atoms with Gasteiger partial charge in [0.25, 0.3) is 0 Å². The second-order valence-electron chi connectivity index (χ2n) is 4.39. The summed E-state index contributed by atoms with van der Waals surface area (Å²) in [4.78, 5) is 2.05. The molecule has 0 aliphatic heterocycles. The summed E-state index contributed by atoms with van der Waals surface area (Å²) in [6.07, 6.45) is 4.03. The largest absolute Gasteiger partial charge is 0.349 e. The number of nitrogens with zero attached hydrogens (tertiary/aromatic N) is 1. The summed E-state index contributed by atoms with van der Waals surface area (Å²) in [5, 5.41) is 5.42. The van der Waals surface area contributed by atoms with Crippen molar-refractivity contribution in [2.24, 2.45) is 5.14 Å². The van der Waals surface area contributed by atoms with Gasteiger partial charge in [0.05, 0.1) is 0 Å². The predicted molar refractivity (Wildman–Crippen MR) is 85.0 cm³/mol. The van der Waals surface area contributed by atoms with Crippen LogP contribution < -0.4 is 5.14 Å². The highest BCUT2D eigenvalue weighted by atomic mass is 32.2. The number of nitrogens with two attached hydrogens (primary N) is 1. The van der Waals surface area contributed by atoms with Crippen LogP contribution in [0.4, 0.5) is 0 Å². The lowest BCUT2D eigenvalue weighted by atomic mass is 10.1. The summed E-state index contributed by atoms with van der Waals surface area (Å²) in [5.74, 6) is 0.729. The highest BCUT2D eigenvalue weighted by molar-refractivity contribution is 7.97. The first-order valence-electron chi connectivity index (χ1n) is 5.74. The van der Waals surface area contributed by atoms with E-state index in [9.17, 15) is 0 Å². The fourth-order valence-electron chi connectivity index (χ4n) is 1.26. The summed E-state index contributed by atoms with van der Waals surface area (Å²) in [6.45, 7) is 17.9. The van der Waals surface area contributed by atoms with Crippen molar-refractivity contribution in [1.82, 2.24) is 4.90 Å². The molecule has 0 aliphatic carbocycles. The summed E-state index contributed by atoms with van der Waals surface area (Å²) in [7, 11) is 1.99. The van der Waals surface area contributed by atoms with Crippen molar-refractivity contribution in [3.63, 3.8) is 0 Å². The molecule has 18 heavy (non-hydrogen) atoms. The van der Waals surface area contributed by atoms with Crippen LogP contribution in [0.3, 0.4) is 0 Å². The van der Waals surface area contributed by atoms with Crippen molar-refractivity contribution < 1.29 is 0 Å². The zero-order chi connectivity index (χ0) is 14.3. The Morgan fingerprint density at radius 2 is 1.72 bits per heavy atom. The minimum absolute atomic E-state index is 0.729. The Bertz CT molecular complexity index is 403. The van der Waals surface area contributed by atoms with Crippen LogP contribution >= 0.6 is 11.9 Å². The molecule has 0 atom stereocenters. The fraction of sp³-hybridized carbons (Fsp3) is 0.333. The summed E-state index contributed by atoms with van der Waals surface area (Å²) in [6, 6.07) is 0. The SMILES string of the molecule is C=C(/C=C\C(=C(/C)C(=C)C)N(C)C(=C)C)CSN. The molecule has 0 bridgehead atoms. The molecule has 0 saturated heterocycles. The van der Waals surface area contributed by atoms with Crippen LogP contribution in [0.15, 0.2) is 60.0 Å². The number of hydrogen-bond donors (Lipinski definition) is 1. The van der Waals surface area contributed by atoms with Crippen molar-refractivity contribution in [2.75, 3.05) is 12.8 Å². The highest BCUT2D eigenvalue weighted by Crippen LogP contribution is 2.20. The lowest BCUT2D eigenvalue weighted by Gasteiger charge is -2.23. The Morgan fingerprint density at radius 3 is 2.11 bits per heavy atom. The normalized spacial score (nSPS) is 12.3. The Hall–Kier alpha value is -1.19. The molecule has 0 radical (unpaired) electrons. The molecule has 0 fully saturated rings. The van der Waals surface area contributed by atoms with Crippen molar-refractivity contribution in [1.29, 1.82) is 0 Å². The van der Waals surface area contributed by atoms with Crippen LogP contribution in [-0.2, 0) is 0 Å². The lowest BCUT2D eigenvalue weighted by molar-refractivity contribution is 0.534. The van der Waals surface area contributed by atoms with E-state index < -0.39 is 0 Å². The van der Waals surface area contributed by atoms with Crippen LogP contribution in [0.1, 0.15) is 20.8 Å². The molecule has 2 N–H and O–H groups in total. The lowest BCUT2D eigenvalue weighted by Crippen LogP contribution is -2.15. The molecule has 3 heteroatoms. The molecule has 0 rings (SSSR count). The van der Waals surface area contributed by atoms with Gasteiger partial charge in [-0.1, -0.05) is 43.3 Å². The van der Waals surface area contributed by atoms with Crippen LogP contribution in [0.25, 0.3) is 0 Å². The Morgan fingerprint density at radius 1 is 1.17 bits per heavy atom. The molecule has 2 nitrogen and oxygen atoms in total. The third-order valence-electron chi connectivity index (χ3n) is 2.70. The van der Waals surface area contributed by atoms with Gasteiger partial charge in [-0.2, -0.15) is 0 Å². The molecular weight excluding hydrogens is 240 g/mol.